The van der Waals surface area contributed by atoms with Crippen LogP contribution >= 0.6 is 0 Å². The van der Waals surface area contributed by atoms with Crippen LogP contribution in [0.25, 0.3) is 0 Å². The molecule has 0 saturated carbocycles. The van der Waals surface area contributed by atoms with Crippen LogP contribution in [0, 0.1) is 5.41 Å². The Bertz CT molecular complexity index is 871. The third-order valence-corrected chi connectivity index (χ3v) is 5.79. The molecular weight excluding hydrogens is 378 g/mol. The zero-order chi connectivity index (χ0) is 21.1. The van der Waals surface area contributed by atoms with Crippen molar-refractivity contribution in [2.45, 2.75) is 26.8 Å². The van der Waals surface area contributed by atoms with Gasteiger partial charge in [0.05, 0.1) is 6.04 Å². The van der Waals surface area contributed by atoms with Crippen molar-refractivity contribution >= 4 is 11.6 Å². The van der Waals surface area contributed by atoms with E-state index in [1.165, 1.54) is 5.69 Å². The molecule has 2 heterocycles. The molecule has 4 rings (SSSR count). The zero-order valence-corrected chi connectivity index (χ0v) is 18.1. The fourth-order valence-corrected chi connectivity index (χ4v) is 3.96. The van der Waals surface area contributed by atoms with Crippen molar-refractivity contribution in [1.82, 2.24) is 10.2 Å². The highest BCUT2D eigenvalue weighted by Gasteiger charge is 2.29. The highest BCUT2D eigenvalue weighted by molar-refractivity contribution is 5.81. The summed E-state index contributed by atoms with van der Waals surface area (Å²) in [6.45, 7) is 10.4. The fraction of sp³-hybridized carbons (Fsp3) is 0.458. The summed E-state index contributed by atoms with van der Waals surface area (Å²) in [5, 5.41) is 3.16. The molecule has 1 saturated heterocycles. The molecule has 6 nitrogen and oxygen atoms in total. The molecule has 1 amide bonds. The van der Waals surface area contributed by atoms with E-state index in [1.807, 2.05) is 32.9 Å². The molecule has 1 fully saturated rings. The third kappa shape index (κ3) is 4.54. The summed E-state index contributed by atoms with van der Waals surface area (Å²) >= 11 is 0. The molecule has 0 bridgehead atoms. The van der Waals surface area contributed by atoms with Crippen molar-refractivity contribution < 1.29 is 14.3 Å². The summed E-state index contributed by atoms with van der Waals surface area (Å²) in [4.78, 5) is 17.4. The number of benzene rings is 2. The van der Waals surface area contributed by atoms with E-state index >= 15 is 0 Å². The summed E-state index contributed by atoms with van der Waals surface area (Å²) in [6, 6.07) is 16.7. The summed E-state index contributed by atoms with van der Waals surface area (Å²) in [5.74, 6) is 1.63. The Morgan fingerprint density at radius 1 is 1.00 bits per heavy atom. The van der Waals surface area contributed by atoms with Gasteiger partial charge in [-0.1, -0.05) is 45.0 Å². The van der Waals surface area contributed by atoms with Crippen molar-refractivity contribution in [2.24, 2.45) is 5.41 Å². The molecule has 0 aliphatic carbocycles. The Morgan fingerprint density at radius 2 is 1.70 bits per heavy atom. The third-order valence-electron chi connectivity index (χ3n) is 5.79. The first-order chi connectivity index (χ1) is 14.4. The van der Waals surface area contributed by atoms with Crippen LogP contribution in [0.2, 0.25) is 0 Å². The molecule has 2 aliphatic heterocycles. The van der Waals surface area contributed by atoms with Gasteiger partial charge in [-0.25, -0.2) is 0 Å². The first-order valence-corrected chi connectivity index (χ1v) is 10.6. The minimum atomic E-state index is -0.411. The molecule has 1 atom stereocenters. The molecule has 0 unspecified atom stereocenters. The van der Waals surface area contributed by atoms with Crippen molar-refractivity contribution in [3.8, 4) is 11.5 Å². The predicted molar refractivity (Wildman–Crippen MR) is 118 cm³/mol. The molecule has 2 aromatic rings. The van der Waals surface area contributed by atoms with Gasteiger partial charge in [0.15, 0.2) is 11.5 Å². The van der Waals surface area contributed by atoms with Gasteiger partial charge in [0, 0.05) is 43.8 Å². The standard InChI is InChI=1S/C24H31N3O3/c1-24(2,3)23(28)25-16-20(18-9-10-21-22(15-18)30-17-29-21)27-13-11-26(12-14-27)19-7-5-4-6-8-19/h4-10,15,20H,11-14,16-17H2,1-3H3,(H,25,28)/t20-/m0/s1. The van der Waals surface area contributed by atoms with Gasteiger partial charge in [-0.3, -0.25) is 9.69 Å². The lowest BCUT2D eigenvalue weighted by Gasteiger charge is -2.40. The Balaban J connectivity index is 1.49. The molecule has 6 heteroatoms. The van der Waals surface area contributed by atoms with Gasteiger partial charge in [-0.15, -0.1) is 0 Å². The predicted octanol–water partition coefficient (Wildman–Crippen LogP) is 3.44. The number of hydrogen-bond acceptors (Lipinski definition) is 5. The zero-order valence-electron chi connectivity index (χ0n) is 18.1. The van der Waals surface area contributed by atoms with Crippen molar-refractivity contribution in [3.63, 3.8) is 0 Å². The average molecular weight is 410 g/mol. The van der Waals surface area contributed by atoms with E-state index in [2.05, 4.69) is 51.5 Å². The Labute approximate surface area is 178 Å². The van der Waals surface area contributed by atoms with Crippen LogP contribution in [-0.4, -0.2) is 50.3 Å². The number of carbonyl (C=O) groups is 1. The maximum atomic E-state index is 12.5. The van der Waals surface area contributed by atoms with Crippen LogP contribution < -0.4 is 19.7 Å². The smallest absolute Gasteiger partial charge is 0.231 e. The first kappa shape index (κ1) is 20.5. The van der Waals surface area contributed by atoms with E-state index in [0.717, 1.165) is 43.2 Å². The Kier molecular flexibility index (Phi) is 5.86. The van der Waals surface area contributed by atoms with Gasteiger partial charge in [0.25, 0.3) is 0 Å². The van der Waals surface area contributed by atoms with E-state index in [4.69, 9.17) is 9.47 Å². The lowest BCUT2D eigenvalue weighted by Crippen LogP contribution is -2.50. The van der Waals surface area contributed by atoms with Crippen molar-refractivity contribution in [1.29, 1.82) is 0 Å². The van der Waals surface area contributed by atoms with Crippen molar-refractivity contribution in [2.75, 3.05) is 44.4 Å². The van der Waals surface area contributed by atoms with Crippen molar-refractivity contribution in [3.05, 3.63) is 54.1 Å². The molecular formula is C24H31N3O3. The number of ether oxygens (including phenoxy) is 2. The molecule has 1 N–H and O–H groups in total. The molecule has 160 valence electrons. The first-order valence-electron chi connectivity index (χ1n) is 10.6. The second-order valence-corrected chi connectivity index (χ2v) is 8.95. The highest BCUT2D eigenvalue weighted by Crippen LogP contribution is 2.36. The lowest BCUT2D eigenvalue weighted by atomic mass is 9.95. The van der Waals surface area contributed by atoms with Gasteiger partial charge < -0.3 is 19.7 Å². The van der Waals surface area contributed by atoms with Crippen LogP contribution in [0.4, 0.5) is 5.69 Å². The minimum absolute atomic E-state index is 0.0659. The van der Waals surface area contributed by atoms with Crippen LogP contribution in [0.1, 0.15) is 32.4 Å². The minimum Gasteiger partial charge on any atom is -0.454 e. The average Bonchev–Trinajstić information content (AvgIpc) is 3.22. The van der Waals surface area contributed by atoms with Gasteiger partial charge in [0.1, 0.15) is 0 Å². The van der Waals surface area contributed by atoms with Gasteiger partial charge in [-0.2, -0.15) is 0 Å². The summed E-state index contributed by atoms with van der Waals surface area (Å²) in [7, 11) is 0. The number of fused-ring (bicyclic) bond motifs is 1. The van der Waals surface area contributed by atoms with E-state index in [9.17, 15) is 4.79 Å². The topological polar surface area (TPSA) is 54.0 Å². The van der Waals surface area contributed by atoms with Gasteiger partial charge in [0.2, 0.25) is 12.7 Å². The number of nitrogens with zero attached hydrogens (tertiary/aromatic N) is 2. The monoisotopic (exact) mass is 409 g/mol. The quantitative estimate of drug-likeness (QED) is 0.820. The maximum Gasteiger partial charge on any atom is 0.231 e. The molecule has 30 heavy (non-hydrogen) atoms. The number of piperazine rings is 1. The summed E-state index contributed by atoms with van der Waals surface area (Å²) < 4.78 is 11.1. The number of amides is 1. The second-order valence-electron chi connectivity index (χ2n) is 8.95. The number of carbonyl (C=O) groups excluding carboxylic acids is 1. The van der Waals surface area contributed by atoms with E-state index < -0.39 is 5.41 Å². The normalized spacial score (nSPS) is 17.6. The lowest BCUT2D eigenvalue weighted by molar-refractivity contribution is -0.128. The van der Waals surface area contributed by atoms with Crippen LogP contribution in [0.3, 0.4) is 0 Å². The number of rotatable bonds is 5. The Hall–Kier alpha value is -2.73. The van der Waals surface area contributed by atoms with Crippen LogP contribution in [0.5, 0.6) is 11.5 Å². The molecule has 2 aliphatic rings. The number of hydrogen-bond donors (Lipinski definition) is 1. The van der Waals surface area contributed by atoms with Gasteiger partial charge in [-0.05, 0) is 29.8 Å². The SMILES string of the molecule is CC(C)(C)C(=O)NC[C@@H](c1ccc2c(c1)OCO2)N1CCN(c2ccccc2)CC1. The molecule has 0 aromatic heterocycles. The van der Waals surface area contributed by atoms with Crippen LogP contribution in [0.15, 0.2) is 48.5 Å². The number of para-hydroxylation sites is 1. The van der Waals surface area contributed by atoms with E-state index in [1.54, 1.807) is 0 Å². The molecule has 0 spiro atoms. The maximum absolute atomic E-state index is 12.5. The van der Waals surface area contributed by atoms with Crippen LogP contribution in [-0.2, 0) is 4.79 Å². The largest absolute Gasteiger partial charge is 0.454 e. The number of nitrogens with one attached hydrogen (secondary N) is 1. The summed E-state index contributed by atoms with van der Waals surface area (Å²) in [6.07, 6.45) is 0. The van der Waals surface area contributed by atoms with E-state index in [0.29, 0.717) is 6.54 Å². The second kappa shape index (κ2) is 8.56. The molecule has 2 aromatic carbocycles. The Morgan fingerprint density at radius 3 is 2.40 bits per heavy atom. The number of anilines is 1. The highest BCUT2D eigenvalue weighted by atomic mass is 16.7. The fourth-order valence-electron chi connectivity index (χ4n) is 3.96. The molecule has 0 radical (unpaired) electrons. The summed E-state index contributed by atoms with van der Waals surface area (Å²) in [5.41, 5.74) is 1.99. The van der Waals surface area contributed by atoms with Gasteiger partial charge >= 0.3 is 0 Å². The van der Waals surface area contributed by atoms with E-state index in [-0.39, 0.29) is 18.7 Å².